The Morgan fingerprint density at radius 3 is 1.19 bits per heavy atom. The van der Waals surface area contributed by atoms with Gasteiger partial charge in [0.1, 0.15) is 17.0 Å². The summed E-state index contributed by atoms with van der Waals surface area (Å²) in [5, 5.41) is 0. The van der Waals surface area contributed by atoms with Crippen LogP contribution in [0.15, 0.2) is 0 Å². The van der Waals surface area contributed by atoms with Crippen LogP contribution in [0.1, 0.15) is 48.0 Å². The molecule has 0 unspecified atom stereocenters. The molecule has 0 N–H and O–H groups in total. The molecule has 0 aromatic heterocycles. The van der Waals surface area contributed by atoms with E-state index in [-0.39, 0.29) is 0 Å². The molecule has 0 heterocycles. The highest BCUT2D eigenvalue weighted by molar-refractivity contribution is 6.48. The second kappa shape index (κ2) is 6.26. The van der Waals surface area contributed by atoms with Crippen LogP contribution < -0.4 is 0 Å². The van der Waals surface area contributed by atoms with Crippen LogP contribution in [0.3, 0.4) is 0 Å². The van der Waals surface area contributed by atoms with E-state index in [2.05, 4.69) is 0 Å². The molecule has 0 amide bonds. The summed E-state index contributed by atoms with van der Waals surface area (Å²) in [5.41, 5.74) is -8.37. The normalized spacial score (nSPS) is 20.2. The van der Waals surface area contributed by atoms with E-state index in [1.165, 1.54) is 0 Å². The molecule has 1 rings (SSSR count). The van der Waals surface area contributed by atoms with Crippen LogP contribution in [0.2, 0.25) is 0 Å². The number of carbonyl (C=O) groups excluding carboxylic acids is 8. The zero-order chi connectivity index (χ0) is 20.8. The van der Waals surface area contributed by atoms with Crippen molar-refractivity contribution < 1.29 is 38.4 Å². The van der Waals surface area contributed by atoms with Gasteiger partial charge in [-0.05, 0) is 41.5 Å². The van der Waals surface area contributed by atoms with Crippen LogP contribution in [0.4, 0.5) is 0 Å². The predicted molar refractivity (Wildman–Crippen MR) is 86.0 cm³/mol. The van der Waals surface area contributed by atoms with E-state index in [9.17, 15) is 38.4 Å². The molecular weight excluding hydrogens is 344 g/mol. The van der Waals surface area contributed by atoms with Crippen molar-refractivity contribution >= 4 is 46.3 Å². The molecule has 8 heteroatoms. The molecule has 0 saturated heterocycles. The molecule has 0 aliphatic heterocycles. The molecule has 140 valence electrons. The topological polar surface area (TPSA) is 137 Å². The monoisotopic (exact) mass is 364 g/mol. The zero-order valence-electron chi connectivity index (χ0n) is 15.5. The molecule has 1 aliphatic rings. The summed E-state index contributed by atoms with van der Waals surface area (Å²) in [6, 6.07) is 0. The number of rotatable bonds is 6. The molecule has 0 spiro atoms. The molecule has 0 atom stereocenters. The highest BCUT2D eigenvalue weighted by Crippen LogP contribution is 2.55. The minimum Gasteiger partial charge on any atom is -0.299 e. The van der Waals surface area contributed by atoms with Crippen molar-refractivity contribution in [2.75, 3.05) is 0 Å². The summed E-state index contributed by atoms with van der Waals surface area (Å²) in [6.45, 7) is 5.04. The van der Waals surface area contributed by atoms with E-state index in [1.54, 1.807) is 0 Å². The largest absolute Gasteiger partial charge is 0.299 e. The summed E-state index contributed by atoms with van der Waals surface area (Å²) < 4.78 is 0. The van der Waals surface area contributed by atoms with Crippen molar-refractivity contribution in [3.8, 4) is 0 Å². The van der Waals surface area contributed by atoms with Crippen LogP contribution in [-0.4, -0.2) is 46.3 Å². The second-order valence-corrected chi connectivity index (χ2v) is 6.67. The van der Waals surface area contributed by atoms with Crippen molar-refractivity contribution in [2.24, 2.45) is 16.2 Å². The van der Waals surface area contributed by atoms with Gasteiger partial charge in [-0.3, -0.25) is 38.4 Å². The number of carbonyl (C=O) groups is 8. The zero-order valence-corrected chi connectivity index (χ0v) is 15.5. The molecule has 0 bridgehead atoms. The first-order valence-electron chi connectivity index (χ1n) is 7.84. The molecule has 0 radical (unpaired) electrons. The Labute approximate surface area is 149 Å². The van der Waals surface area contributed by atoms with Gasteiger partial charge in [-0.1, -0.05) is 0 Å². The Hall–Kier alpha value is -2.64. The number of hydrogen-bond donors (Lipinski definition) is 0. The average molecular weight is 364 g/mol. The van der Waals surface area contributed by atoms with Gasteiger partial charge in [0.25, 0.3) is 0 Å². The number of hydrogen-bond acceptors (Lipinski definition) is 8. The minimum atomic E-state index is -2.91. The lowest BCUT2D eigenvalue weighted by atomic mass is 9.43. The number of Topliss-reactive ketones (excluding diaryl/α,β-unsaturated/α-hetero) is 8. The van der Waals surface area contributed by atoms with Gasteiger partial charge in [0, 0.05) is 6.42 Å². The van der Waals surface area contributed by atoms with Crippen LogP contribution >= 0.6 is 0 Å². The summed E-state index contributed by atoms with van der Waals surface area (Å²) in [4.78, 5) is 101. The SMILES string of the molecule is CC(=O)C1(C(C)=O)C(=O)CC(C(C)=O)(C(C)=O)C(C(C)=O)(C(C)=O)C1=O. The minimum absolute atomic E-state index is 0.816. The van der Waals surface area contributed by atoms with E-state index in [1.807, 2.05) is 0 Å². The van der Waals surface area contributed by atoms with Gasteiger partial charge < -0.3 is 0 Å². The van der Waals surface area contributed by atoms with Crippen LogP contribution in [0, 0.1) is 16.2 Å². The van der Waals surface area contributed by atoms with Crippen LogP contribution in [-0.2, 0) is 38.4 Å². The third-order valence-electron chi connectivity index (χ3n) is 5.48. The van der Waals surface area contributed by atoms with Crippen molar-refractivity contribution in [1.82, 2.24) is 0 Å². The van der Waals surface area contributed by atoms with E-state index in [0.29, 0.717) is 0 Å². The fourth-order valence-electron chi connectivity index (χ4n) is 4.26. The van der Waals surface area contributed by atoms with Crippen LogP contribution in [0.5, 0.6) is 0 Å². The van der Waals surface area contributed by atoms with Gasteiger partial charge in [0.05, 0.1) is 0 Å². The third-order valence-corrected chi connectivity index (χ3v) is 5.48. The first kappa shape index (κ1) is 21.4. The summed E-state index contributed by atoms with van der Waals surface area (Å²) >= 11 is 0. The van der Waals surface area contributed by atoms with Gasteiger partial charge in [-0.15, -0.1) is 0 Å². The number of ketones is 8. The predicted octanol–water partition coefficient (Wildman–Crippen LogP) is 0.0215. The van der Waals surface area contributed by atoms with E-state index in [4.69, 9.17) is 0 Å². The third kappa shape index (κ3) is 2.07. The maximum Gasteiger partial charge on any atom is 0.204 e. The lowest BCUT2D eigenvalue weighted by Gasteiger charge is -2.50. The van der Waals surface area contributed by atoms with Gasteiger partial charge in [0.2, 0.25) is 5.41 Å². The quantitative estimate of drug-likeness (QED) is 0.602. The maximum atomic E-state index is 13.4. The Morgan fingerprint density at radius 2 is 0.962 bits per heavy atom. The molecule has 0 aromatic rings. The first-order valence-corrected chi connectivity index (χ1v) is 7.84. The fraction of sp³-hybridized carbons (Fsp3) is 0.556. The summed E-state index contributed by atoms with van der Waals surface area (Å²) in [6.07, 6.45) is -1.05. The van der Waals surface area contributed by atoms with Crippen LogP contribution in [0.25, 0.3) is 0 Å². The Balaban J connectivity index is 4.27. The van der Waals surface area contributed by atoms with Crippen molar-refractivity contribution in [3.63, 3.8) is 0 Å². The van der Waals surface area contributed by atoms with Gasteiger partial charge in [-0.2, -0.15) is 0 Å². The molecule has 1 aliphatic carbocycles. The van der Waals surface area contributed by atoms with Gasteiger partial charge in [-0.25, -0.2) is 0 Å². The molecule has 1 fully saturated rings. The molecule has 1 saturated carbocycles. The van der Waals surface area contributed by atoms with Gasteiger partial charge in [0.15, 0.2) is 40.1 Å². The van der Waals surface area contributed by atoms with Gasteiger partial charge >= 0.3 is 0 Å². The fourth-order valence-corrected chi connectivity index (χ4v) is 4.26. The smallest absolute Gasteiger partial charge is 0.204 e. The lowest BCUT2D eigenvalue weighted by Crippen LogP contribution is -2.74. The molecule has 26 heavy (non-hydrogen) atoms. The van der Waals surface area contributed by atoms with E-state index >= 15 is 0 Å². The molecular formula is C18H20O8. The first-order chi connectivity index (χ1) is 11.7. The Kier molecular flexibility index (Phi) is 5.16. The summed E-state index contributed by atoms with van der Waals surface area (Å²) in [7, 11) is 0. The van der Waals surface area contributed by atoms with Crippen molar-refractivity contribution in [3.05, 3.63) is 0 Å². The van der Waals surface area contributed by atoms with E-state index < -0.39 is 68.9 Å². The van der Waals surface area contributed by atoms with E-state index in [0.717, 1.165) is 41.5 Å². The summed E-state index contributed by atoms with van der Waals surface area (Å²) in [5.74, 6) is -9.58. The highest BCUT2D eigenvalue weighted by atomic mass is 16.2. The lowest BCUT2D eigenvalue weighted by molar-refractivity contribution is -0.181. The van der Waals surface area contributed by atoms with Crippen molar-refractivity contribution in [1.29, 1.82) is 0 Å². The maximum absolute atomic E-state index is 13.4. The molecule has 8 nitrogen and oxygen atoms in total. The second-order valence-electron chi connectivity index (χ2n) is 6.67. The standard InChI is InChI=1S/C18H20O8/c1-8(19)16(9(2)20)7-14(25)17(10(3)21,11(4)22)15(26)18(16,12(5)23)13(6)24/h7H2,1-6H3. The Morgan fingerprint density at radius 1 is 0.615 bits per heavy atom. The van der Waals surface area contributed by atoms with Crippen molar-refractivity contribution in [2.45, 2.75) is 48.0 Å². The highest BCUT2D eigenvalue weighted by Gasteiger charge is 2.78. The average Bonchev–Trinajstić information content (AvgIpc) is 2.44. The molecule has 0 aromatic carbocycles. The Bertz CT molecular complexity index is 756.